The second-order valence-corrected chi connectivity index (χ2v) is 11.4. The molecular weight excluding hydrogens is 436 g/mol. The molecule has 2 bridgehead atoms. The molecule has 184 valence electrons. The number of hydrogen-bond acceptors (Lipinski definition) is 4. The predicted octanol–water partition coefficient (Wildman–Crippen LogP) is 5.69. The Morgan fingerprint density at radius 1 is 0.714 bits per heavy atom. The molecule has 4 aliphatic carbocycles. The van der Waals surface area contributed by atoms with E-state index in [0.717, 1.165) is 32.1 Å². The maximum absolute atomic E-state index is 13.3. The second kappa shape index (κ2) is 9.11. The summed E-state index contributed by atoms with van der Waals surface area (Å²) >= 11 is 0. The van der Waals surface area contributed by atoms with Crippen LogP contribution < -0.4 is 0 Å². The predicted molar refractivity (Wildman–Crippen MR) is 134 cm³/mol. The molecule has 8 unspecified atom stereocenters. The van der Waals surface area contributed by atoms with E-state index in [2.05, 4.69) is 62.4 Å². The van der Waals surface area contributed by atoms with E-state index < -0.39 is 0 Å². The third kappa shape index (κ3) is 3.90. The summed E-state index contributed by atoms with van der Waals surface area (Å²) in [7, 11) is 0. The van der Waals surface area contributed by atoms with Gasteiger partial charge in [-0.25, -0.2) is 0 Å². The number of ether oxygens (including phenoxy) is 2. The van der Waals surface area contributed by atoms with Gasteiger partial charge < -0.3 is 9.47 Å². The van der Waals surface area contributed by atoms with Gasteiger partial charge in [0.2, 0.25) is 0 Å². The number of benzene rings is 2. The minimum Gasteiger partial charge on any atom is -0.465 e. The number of esters is 2. The van der Waals surface area contributed by atoms with E-state index in [1.165, 1.54) is 22.3 Å². The Balaban J connectivity index is 1.05. The van der Waals surface area contributed by atoms with E-state index in [1.807, 2.05) is 0 Å². The first kappa shape index (κ1) is 22.8. The molecule has 4 nitrogen and oxygen atoms in total. The van der Waals surface area contributed by atoms with E-state index in [0.29, 0.717) is 36.9 Å². The molecule has 35 heavy (non-hydrogen) atoms. The number of rotatable bonds is 8. The molecule has 0 spiro atoms. The van der Waals surface area contributed by atoms with Crippen LogP contribution in [0.2, 0.25) is 0 Å². The fourth-order valence-electron chi connectivity index (χ4n) is 7.68. The fourth-order valence-corrected chi connectivity index (χ4v) is 7.68. The van der Waals surface area contributed by atoms with Crippen molar-refractivity contribution in [1.82, 2.24) is 0 Å². The molecule has 4 heteroatoms. The summed E-state index contributed by atoms with van der Waals surface area (Å²) in [6.07, 6.45) is 4.78. The third-order valence-corrected chi connectivity index (χ3v) is 9.92. The Hall–Kier alpha value is -2.62. The quantitative estimate of drug-likeness (QED) is 0.464. The monoisotopic (exact) mass is 472 g/mol. The van der Waals surface area contributed by atoms with Gasteiger partial charge >= 0.3 is 11.9 Å². The zero-order chi connectivity index (χ0) is 24.1. The molecule has 0 heterocycles. The molecule has 2 aromatic rings. The van der Waals surface area contributed by atoms with Crippen LogP contribution >= 0.6 is 0 Å². The van der Waals surface area contributed by atoms with Crippen molar-refractivity contribution in [3.05, 3.63) is 70.8 Å². The molecule has 0 aliphatic heterocycles. The van der Waals surface area contributed by atoms with Crippen molar-refractivity contribution in [3.8, 4) is 0 Å². The van der Waals surface area contributed by atoms with E-state index >= 15 is 0 Å². The Morgan fingerprint density at radius 2 is 1.14 bits per heavy atom. The van der Waals surface area contributed by atoms with Crippen molar-refractivity contribution in [1.29, 1.82) is 0 Å². The van der Waals surface area contributed by atoms with E-state index in [-0.39, 0.29) is 35.6 Å². The fraction of sp³-hybridized carbons (Fsp3) is 0.548. The van der Waals surface area contributed by atoms with E-state index in [9.17, 15) is 9.59 Å². The molecule has 0 saturated heterocycles. The van der Waals surface area contributed by atoms with Crippen LogP contribution in [0.1, 0.15) is 67.2 Å². The summed E-state index contributed by atoms with van der Waals surface area (Å²) in [6.45, 7) is 5.32. The first-order valence-electron chi connectivity index (χ1n) is 13.5. The maximum atomic E-state index is 13.3. The Labute approximate surface area is 208 Å². The lowest BCUT2D eigenvalue weighted by atomic mass is 9.69. The number of carbonyl (C=O) groups is 2. The van der Waals surface area contributed by atoms with Crippen LogP contribution in [0.5, 0.6) is 0 Å². The standard InChI is InChI=1S/C31H36O4/c1-18-19(2)27-17-26(18)28(30(32)34-13-11-22-15-20-7-3-5-9-24(20)22)29(27)31(33)35-14-12-23-16-21-8-4-6-10-25(21)23/h3-10,18-19,22-23,26-29H,11-17H2,1-2H3. The first-order valence-corrected chi connectivity index (χ1v) is 13.5. The zero-order valence-corrected chi connectivity index (χ0v) is 20.8. The Bertz CT molecular complexity index is 1030. The lowest BCUT2D eigenvalue weighted by Gasteiger charge is -2.36. The van der Waals surface area contributed by atoms with Gasteiger partial charge in [0.1, 0.15) is 0 Å². The zero-order valence-electron chi connectivity index (χ0n) is 20.8. The van der Waals surface area contributed by atoms with Gasteiger partial charge in [-0.05, 0) is 89.9 Å². The average molecular weight is 473 g/mol. The van der Waals surface area contributed by atoms with Crippen molar-refractivity contribution in [3.63, 3.8) is 0 Å². The highest BCUT2D eigenvalue weighted by Gasteiger charge is 2.60. The third-order valence-electron chi connectivity index (χ3n) is 9.92. The van der Waals surface area contributed by atoms with Crippen molar-refractivity contribution in [2.75, 3.05) is 13.2 Å². The highest BCUT2D eigenvalue weighted by atomic mass is 16.5. The Kier molecular flexibility index (Phi) is 5.94. The smallest absolute Gasteiger partial charge is 0.310 e. The molecule has 6 rings (SSSR count). The second-order valence-electron chi connectivity index (χ2n) is 11.4. The van der Waals surface area contributed by atoms with Crippen molar-refractivity contribution < 1.29 is 19.1 Å². The minimum atomic E-state index is -0.350. The number of hydrogen-bond donors (Lipinski definition) is 0. The van der Waals surface area contributed by atoms with Crippen molar-refractivity contribution >= 4 is 11.9 Å². The largest absolute Gasteiger partial charge is 0.465 e. The summed E-state index contributed by atoms with van der Waals surface area (Å²) < 4.78 is 11.7. The molecule has 0 amide bonds. The summed E-state index contributed by atoms with van der Waals surface area (Å²) in [6, 6.07) is 17.0. The first-order chi connectivity index (χ1) is 17.0. The summed E-state index contributed by atoms with van der Waals surface area (Å²) in [5, 5.41) is 0. The molecule has 8 atom stereocenters. The normalized spacial score (nSPS) is 33.8. The van der Waals surface area contributed by atoms with Crippen LogP contribution in [0.4, 0.5) is 0 Å². The van der Waals surface area contributed by atoms with Crippen LogP contribution in [0.25, 0.3) is 0 Å². The molecule has 2 aromatic carbocycles. The van der Waals surface area contributed by atoms with Gasteiger partial charge in [0.05, 0.1) is 25.0 Å². The molecule has 2 saturated carbocycles. The van der Waals surface area contributed by atoms with Crippen LogP contribution in [0.15, 0.2) is 48.5 Å². The summed E-state index contributed by atoms with van der Waals surface area (Å²) in [5.74, 6) is 1.22. The maximum Gasteiger partial charge on any atom is 0.310 e. The summed E-state index contributed by atoms with van der Waals surface area (Å²) in [5.41, 5.74) is 5.60. The van der Waals surface area contributed by atoms with Gasteiger partial charge in [-0.15, -0.1) is 0 Å². The molecule has 0 N–H and O–H groups in total. The van der Waals surface area contributed by atoms with Crippen molar-refractivity contribution in [2.24, 2.45) is 35.5 Å². The average Bonchev–Trinajstić information content (AvgIpc) is 3.36. The molecule has 2 fully saturated rings. The Morgan fingerprint density at radius 3 is 1.57 bits per heavy atom. The van der Waals surface area contributed by atoms with Gasteiger partial charge in [-0.2, -0.15) is 0 Å². The molecule has 0 aromatic heterocycles. The van der Waals surface area contributed by atoms with Gasteiger partial charge in [0.25, 0.3) is 0 Å². The summed E-state index contributed by atoms with van der Waals surface area (Å²) in [4.78, 5) is 26.6. The molecule has 0 radical (unpaired) electrons. The van der Waals surface area contributed by atoms with Crippen LogP contribution in [-0.2, 0) is 31.9 Å². The van der Waals surface area contributed by atoms with Crippen LogP contribution in [0.3, 0.4) is 0 Å². The topological polar surface area (TPSA) is 52.6 Å². The van der Waals surface area contributed by atoms with E-state index in [4.69, 9.17) is 9.47 Å². The SMILES string of the molecule is CC1C(C)C2CC1C(C(=O)OCCC1Cc3ccccc31)C2C(=O)OCCC1Cc2ccccc21. The van der Waals surface area contributed by atoms with Crippen LogP contribution in [-0.4, -0.2) is 25.2 Å². The van der Waals surface area contributed by atoms with Gasteiger partial charge in [0, 0.05) is 0 Å². The molecular formula is C31H36O4. The minimum absolute atomic E-state index is 0.182. The van der Waals surface area contributed by atoms with Gasteiger partial charge in [0.15, 0.2) is 0 Å². The lowest BCUT2D eigenvalue weighted by molar-refractivity contribution is -0.166. The lowest BCUT2D eigenvalue weighted by Crippen LogP contribution is -2.42. The van der Waals surface area contributed by atoms with Gasteiger partial charge in [-0.1, -0.05) is 62.4 Å². The van der Waals surface area contributed by atoms with Gasteiger partial charge in [-0.3, -0.25) is 9.59 Å². The van der Waals surface area contributed by atoms with Crippen molar-refractivity contribution in [2.45, 2.75) is 57.8 Å². The molecule has 4 aliphatic rings. The highest BCUT2D eigenvalue weighted by Crippen LogP contribution is 2.58. The van der Waals surface area contributed by atoms with Crippen LogP contribution in [0, 0.1) is 35.5 Å². The number of carbonyl (C=O) groups excluding carboxylic acids is 2. The van der Waals surface area contributed by atoms with E-state index in [1.54, 1.807) is 0 Å². The highest BCUT2D eigenvalue weighted by molar-refractivity contribution is 5.84. The number of fused-ring (bicyclic) bond motifs is 4.